The smallest absolute Gasteiger partial charge is 0.343 e. The molecule has 0 fully saturated rings. The molecule has 0 spiro atoms. The summed E-state index contributed by atoms with van der Waals surface area (Å²) in [5, 5.41) is 0.200. The molecule has 4 heteroatoms. The lowest BCUT2D eigenvalue weighted by Crippen LogP contribution is -2.35. The fourth-order valence-corrected chi connectivity index (χ4v) is 2.85. The minimum Gasteiger partial charge on any atom is -0.489 e. The van der Waals surface area contributed by atoms with Crippen LogP contribution in [0.15, 0.2) is 22.8 Å². The second-order valence-corrected chi connectivity index (χ2v) is 12.8. The summed E-state index contributed by atoms with van der Waals surface area (Å²) in [4.78, 5) is 11.8. The van der Waals surface area contributed by atoms with E-state index in [-0.39, 0.29) is 11.0 Å². The van der Waals surface area contributed by atoms with Crippen molar-refractivity contribution in [2.75, 3.05) is 6.61 Å². The fraction of sp³-hybridized carbons (Fsp3) is 0.688. The Balaban J connectivity index is 3.08. The van der Waals surface area contributed by atoms with Gasteiger partial charge in [-0.25, -0.2) is 4.79 Å². The van der Waals surface area contributed by atoms with Crippen LogP contribution in [-0.4, -0.2) is 20.7 Å². The van der Waals surface area contributed by atoms with E-state index >= 15 is 0 Å². The molecule has 0 aromatic rings. The highest BCUT2D eigenvalue weighted by Crippen LogP contribution is 2.39. The molecule has 1 aliphatic heterocycles. The number of rotatable bonds is 4. The molecule has 0 amide bonds. The van der Waals surface area contributed by atoms with Gasteiger partial charge in [-0.1, -0.05) is 47.7 Å². The lowest BCUT2D eigenvalue weighted by atomic mass is 10.2. The third-order valence-corrected chi connectivity index (χ3v) is 8.91. The van der Waals surface area contributed by atoms with Crippen LogP contribution in [0.3, 0.4) is 0 Å². The van der Waals surface area contributed by atoms with Crippen molar-refractivity contribution in [3.63, 3.8) is 0 Å². The Labute approximate surface area is 124 Å². The molecule has 0 aromatic heterocycles. The van der Waals surface area contributed by atoms with E-state index in [1.807, 2.05) is 0 Å². The van der Waals surface area contributed by atoms with Gasteiger partial charge < -0.3 is 9.47 Å². The Bertz CT molecular complexity index is 451. The van der Waals surface area contributed by atoms with Crippen LogP contribution in [0.4, 0.5) is 0 Å². The first-order valence-corrected chi connectivity index (χ1v) is 10.3. The third-order valence-electron chi connectivity index (χ3n) is 4.06. The highest BCUT2D eigenvalue weighted by Gasteiger charge is 2.37. The predicted molar refractivity (Wildman–Crippen MR) is 84.9 cm³/mol. The zero-order valence-corrected chi connectivity index (χ0v) is 15.1. The molecule has 3 nitrogen and oxygen atoms in total. The zero-order valence-electron chi connectivity index (χ0n) is 14.1. The summed E-state index contributed by atoms with van der Waals surface area (Å²) in [5.41, 5.74) is 2.73. The third kappa shape index (κ3) is 3.75. The highest BCUT2D eigenvalue weighted by molar-refractivity contribution is 6.84. The number of carbonyl (C=O) groups is 1. The number of hydrogen-bond donors (Lipinski definition) is 0. The van der Waals surface area contributed by atoms with Gasteiger partial charge in [0.05, 0.1) is 20.3 Å². The average Bonchev–Trinajstić information content (AvgIpc) is 2.49. The molecule has 0 saturated carbocycles. The van der Waals surface area contributed by atoms with E-state index in [4.69, 9.17) is 9.47 Å². The molecule has 0 aromatic carbocycles. The van der Waals surface area contributed by atoms with Gasteiger partial charge in [-0.3, -0.25) is 0 Å². The van der Waals surface area contributed by atoms with Crippen LogP contribution in [0.25, 0.3) is 0 Å². The number of cyclic esters (lactones) is 1. The van der Waals surface area contributed by atoms with Gasteiger partial charge >= 0.3 is 5.97 Å². The molecule has 20 heavy (non-hydrogen) atoms. The van der Waals surface area contributed by atoms with E-state index in [1.165, 1.54) is 0 Å². The molecule has 0 unspecified atom stereocenters. The molecule has 0 saturated heterocycles. The van der Waals surface area contributed by atoms with E-state index in [0.29, 0.717) is 29.6 Å². The Hall–Kier alpha value is -1.03. The fourth-order valence-electron chi connectivity index (χ4n) is 1.57. The van der Waals surface area contributed by atoms with Gasteiger partial charge in [-0.05, 0) is 23.6 Å². The summed E-state index contributed by atoms with van der Waals surface area (Å²) in [6, 6.07) is 0. The molecule has 0 N–H and O–H groups in total. The monoisotopic (exact) mass is 296 g/mol. The second kappa shape index (κ2) is 5.76. The van der Waals surface area contributed by atoms with Crippen molar-refractivity contribution in [2.24, 2.45) is 5.92 Å². The van der Waals surface area contributed by atoms with Crippen LogP contribution >= 0.6 is 0 Å². The Kier molecular flexibility index (Phi) is 4.90. The van der Waals surface area contributed by atoms with E-state index < -0.39 is 8.07 Å². The van der Waals surface area contributed by atoms with E-state index in [9.17, 15) is 4.79 Å². The van der Waals surface area contributed by atoms with Gasteiger partial charge in [-0.2, -0.15) is 0 Å². The highest BCUT2D eigenvalue weighted by atomic mass is 28.3. The van der Waals surface area contributed by atoms with Crippen molar-refractivity contribution < 1.29 is 14.3 Å². The lowest BCUT2D eigenvalue weighted by molar-refractivity contribution is -0.133. The first kappa shape index (κ1) is 17.0. The first-order chi connectivity index (χ1) is 8.95. The van der Waals surface area contributed by atoms with Gasteiger partial charge in [0.2, 0.25) is 0 Å². The molecule has 0 aliphatic carbocycles. The maximum atomic E-state index is 11.8. The van der Waals surface area contributed by atoms with Crippen LogP contribution in [0.5, 0.6) is 0 Å². The normalized spacial score (nSPS) is 19.1. The van der Waals surface area contributed by atoms with Crippen LogP contribution in [0.1, 0.15) is 41.5 Å². The molecular formula is C16H28O3Si. The molecule has 1 rings (SSSR count). The van der Waals surface area contributed by atoms with Gasteiger partial charge in [-0.15, -0.1) is 0 Å². The lowest BCUT2D eigenvalue weighted by Gasteiger charge is -2.34. The van der Waals surface area contributed by atoms with Crippen molar-refractivity contribution >= 4 is 14.0 Å². The molecule has 0 atom stereocenters. The minimum atomic E-state index is -1.68. The van der Waals surface area contributed by atoms with Gasteiger partial charge in [0.1, 0.15) is 0 Å². The number of hydrogen-bond acceptors (Lipinski definition) is 3. The molecule has 114 valence electrons. The van der Waals surface area contributed by atoms with Crippen molar-refractivity contribution in [1.29, 1.82) is 0 Å². The number of carbonyl (C=O) groups excluding carboxylic acids is 1. The Morgan fingerprint density at radius 3 is 2.30 bits per heavy atom. The molecule has 0 bridgehead atoms. The minimum absolute atomic E-state index is 0.200. The SMILES string of the molecule is CC1=C(OCC(C)C)/C(=C/[Si](C)(C)C(C)(C)C)OC1=O. The molecule has 0 radical (unpaired) electrons. The summed E-state index contributed by atoms with van der Waals surface area (Å²) in [7, 11) is -1.68. The Morgan fingerprint density at radius 2 is 1.85 bits per heavy atom. The summed E-state index contributed by atoms with van der Waals surface area (Å²) >= 11 is 0. The summed E-state index contributed by atoms with van der Waals surface area (Å²) in [6.45, 7) is 17.8. The summed E-state index contributed by atoms with van der Waals surface area (Å²) in [6.07, 6.45) is 0. The zero-order chi connectivity index (χ0) is 15.7. The van der Waals surface area contributed by atoms with Gasteiger partial charge in [0, 0.05) is 0 Å². The standard InChI is InChI=1S/C16H28O3Si/c1-11(2)9-18-14-12(3)15(17)19-13(14)10-20(7,8)16(4,5)6/h10-11H,9H2,1-8H3/b13-10-. The topological polar surface area (TPSA) is 35.5 Å². The molecule has 1 aliphatic rings. The molecule has 1 heterocycles. The van der Waals surface area contributed by atoms with Crippen molar-refractivity contribution in [1.82, 2.24) is 0 Å². The maximum absolute atomic E-state index is 11.8. The van der Waals surface area contributed by atoms with Crippen LogP contribution in [0, 0.1) is 5.92 Å². The Morgan fingerprint density at radius 1 is 1.30 bits per heavy atom. The largest absolute Gasteiger partial charge is 0.489 e. The predicted octanol–water partition coefficient (Wildman–Crippen LogP) is 4.42. The maximum Gasteiger partial charge on any atom is 0.343 e. The van der Waals surface area contributed by atoms with Crippen LogP contribution < -0.4 is 0 Å². The summed E-state index contributed by atoms with van der Waals surface area (Å²) < 4.78 is 11.2. The van der Waals surface area contributed by atoms with Gasteiger partial charge in [0.25, 0.3) is 0 Å². The van der Waals surface area contributed by atoms with E-state index in [1.54, 1.807) is 6.92 Å². The van der Waals surface area contributed by atoms with E-state index in [2.05, 4.69) is 53.4 Å². The average molecular weight is 296 g/mol. The van der Waals surface area contributed by atoms with Crippen molar-refractivity contribution in [2.45, 2.75) is 59.7 Å². The van der Waals surface area contributed by atoms with Crippen molar-refractivity contribution in [3.8, 4) is 0 Å². The second-order valence-electron chi connectivity index (χ2n) is 7.53. The number of ether oxygens (including phenoxy) is 2. The van der Waals surface area contributed by atoms with Crippen LogP contribution in [-0.2, 0) is 14.3 Å². The molecular weight excluding hydrogens is 268 g/mol. The van der Waals surface area contributed by atoms with E-state index in [0.717, 1.165) is 0 Å². The van der Waals surface area contributed by atoms with Crippen LogP contribution in [0.2, 0.25) is 18.1 Å². The quantitative estimate of drug-likeness (QED) is 0.569. The van der Waals surface area contributed by atoms with Gasteiger partial charge in [0.15, 0.2) is 11.5 Å². The van der Waals surface area contributed by atoms with Crippen molar-refractivity contribution in [3.05, 3.63) is 22.8 Å². The summed E-state index contributed by atoms with van der Waals surface area (Å²) in [5.74, 6) is 1.39. The first-order valence-electron chi connectivity index (χ1n) is 7.25. The number of esters is 1.